The number of aryl methyl sites for hydroxylation is 1. The Morgan fingerprint density at radius 1 is 1.41 bits per heavy atom. The number of H-pyrrole nitrogens is 1. The van der Waals surface area contributed by atoms with Crippen molar-refractivity contribution in [2.45, 2.75) is 51.9 Å². The molecule has 0 aliphatic heterocycles. The summed E-state index contributed by atoms with van der Waals surface area (Å²) < 4.78 is 5.05. The number of alkyl carbamates (subject to hydrolysis) is 1. The van der Waals surface area contributed by atoms with Gasteiger partial charge in [0.15, 0.2) is 0 Å². The zero-order chi connectivity index (χ0) is 16.9. The molecule has 2 unspecified atom stereocenters. The smallest absolute Gasteiger partial charge is 0.407 e. The number of nitrogens with one attached hydrogen (secondary N) is 2. The van der Waals surface area contributed by atoms with Crippen LogP contribution in [-0.2, 0) is 4.74 Å². The molecular formula is C15H24N2O5. The monoisotopic (exact) mass is 312 g/mol. The van der Waals surface area contributed by atoms with E-state index in [2.05, 4.69) is 10.3 Å². The van der Waals surface area contributed by atoms with Gasteiger partial charge in [-0.3, -0.25) is 4.79 Å². The fourth-order valence-electron chi connectivity index (χ4n) is 1.84. The molecule has 0 radical (unpaired) electrons. The van der Waals surface area contributed by atoms with Gasteiger partial charge in [0, 0.05) is 18.3 Å². The predicted molar refractivity (Wildman–Crippen MR) is 81.6 cm³/mol. The normalized spacial score (nSPS) is 14.3. The number of carbonyl (C=O) groups excluding carboxylic acids is 1. The lowest BCUT2D eigenvalue weighted by atomic mass is 10.0. The Morgan fingerprint density at radius 2 is 2.05 bits per heavy atom. The predicted octanol–water partition coefficient (Wildman–Crippen LogP) is 0.992. The number of aliphatic hydroxyl groups excluding tert-OH is 2. The van der Waals surface area contributed by atoms with Crippen LogP contribution in [0.1, 0.15) is 44.4 Å². The summed E-state index contributed by atoms with van der Waals surface area (Å²) in [5.74, 6) is 0. The molecule has 1 heterocycles. The number of hydrogen-bond donors (Lipinski definition) is 4. The van der Waals surface area contributed by atoms with Gasteiger partial charge in [-0.2, -0.15) is 0 Å². The lowest BCUT2D eigenvalue weighted by molar-refractivity contribution is 0.0115. The fourth-order valence-corrected chi connectivity index (χ4v) is 1.84. The van der Waals surface area contributed by atoms with Gasteiger partial charge in [0.25, 0.3) is 5.56 Å². The van der Waals surface area contributed by atoms with E-state index in [-0.39, 0.29) is 18.5 Å². The number of rotatable bonds is 5. The lowest BCUT2D eigenvalue weighted by Gasteiger charge is -2.21. The molecule has 124 valence electrons. The molecule has 1 aromatic heterocycles. The van der Waals surface area contributed by atoms with E-state index in [1.807, 2.05) is 0 Å². The number of carbonyl (C=O) groups is 1. The summed E-state index contributed by atoms with van der Waals surface area (Å²) >= 11 is 0. The quantitative estimate of drug-likeness (QED) is 0.648. The minimum Gasteiger partial charge on any atom is -0.444 e. The Hall–Kier alpha value is -1.86. The average Bonchev–Trinajstić information content (AvgIpc) is 2.38. The molecular weight excluding hydrogens is 288 g/mol. The van der Waals surface area contributed by atoms with Gasteiger partial charge in [-0.15, -0.1) is 0 Å². The zero-order valence-electron chi connectivity index (χ0n) is 13.3. The Morgan fingerprint density at radius 3 is 2.64 bits per heavy atom. The van der Waals surface area contributed by atoms with Crippen LogP contribution in [0.15, 0.2) is 17.1 Å². The van der Waals surface area contributed by atoms with Crippen molar-refractivity contribution in [2.24, 2.45) is 0 Å². The number of hydrogen-bond acceptors (Lipinski definition) is 5. The maximum absolute atomic E-state index is 11.6. The van der Waals surface area contributed by atoms with Crippen molar-refractivity contribution in [3.8, 4) is 0 Å². The van der Waals surface area contributed by atoms with Crippen LogP contribution in [0.3, 0.4) is 0 Å². The summed E-state index contributed by atoms with van der Waals surface area (Å²) in [4.78, 5) is 25.6. The zero-order valence-corrected chi connectivity index (χ0v) is 13.3. The van der Waals surface area contributed by atoms with Gasteiger partial charge in [-0.05, 0) is 45.7 Å². The third-order valence-corrected chi connectivity index (χ3v) is 2.87. The van der Waals surface area contributed by atoms with Gasteiger partial charge >= 0.3 is 6.09 Å². The molecule has 7 nitrogen and oxygen atoms in total. The molecule has 0 bridgehead atoms. The molecule has 2 atom stereocenters. The second kappa shape index (κ2) is 7.42. The van der Waals surface area contributed by atoms with Crippen LogP contribution in [0.2, 0.25) is 0 Å². The SMILES string of the molecule is Cc1c[nH]c(=O)c(C(O)C(O)CCNC(=O)OC(C)(C)C)c1. The molecule has 0 fully saturated rings. The first-order valence-corrected chi connectivity index (χ1v) is 7.12. The largest absolute Gasteiger partial charge is 0.444 e. The van der Waals surface area contributed by atoms with Crippen molar-refractivity contribution in [2.75, 3.05) is 6.54 Å². The van der Waals surface area contributed by atoms with Crippen LogP contribution in [0, 0.1) is 6.92 Å². The van der Waals surface area contributed by atoms with E-state index in [0.717, 1.165) is 5.56 Å². The second-order valence-corrected chi connectivity index (χ2v) is 6.19. The number of aliphatic hydroxyl groups is 2. The van der Waals surface area contributed by atoms with Crippen molar-refractivity contribution in [1.29, 1.82) is 0 Å². The summed E-state index contributed by atoms with van der Waals surface area (Å²) in [6, 6.07) is 1.52. The first kappa shape index (κ1) is 18.2. The van der Waals surface area contributed by atoms with Gasteiger partial charge in [-0.1, -0.05) is 0 Å². The topological polar surface area (TPSA) is 112 Å². The molecule has 0 saturated carbocycles. The summed E-state index contributed by atoms with van der Waals surface area (Å²) in [6.45, 7) is 7.12. The standard InChI is InChI=1S/C15H24N2O5/c1-9-7-10(13(20)17-8-9)12(19)11(18)5-6-16-14(21)22-15(2,3)4/h7-8,11-12,18-19H,5-6H2,1-4H3,(H,16,21)(H,17,20). The van der Waals surface area contributed by atoms with E-state index < -0.39 is 29.5 Å². The van der Waals surface area contributed by atoms with E-state index >= 15 is 0 Å². The first-order valence-electron chi connectivity index (χ1n) is 7.12. The Kier molecular flexibility index (Phi) is 6.13. The van der Waals surface area contributed by atoms with Gasteiger partial charge in [-0.25, -0.2) is 4.79 Å². The van der Waals surface area contributed by atoms with Crippen molar-refractivity contribution in [3.63, 3.8) is 0 Å². The molecule has 0 saturated heterocycles. The van der Waals surface area contributed by atoms with E-state index in [9.17, 15) is 19.8 Å². The summed E-state index contributed by atoms with van der Waals surface area (Å²) in [6.07, 6.45) is -1.47. The molecule has 7 heteroatoms. The average molecular weight is 312 g/mol. The van der Waals surface area contributed by atoms with Gasteiger partial charge in [0.05, 0.1) is 6.10 Å². The number of aromatic nitrogens is 1. The molecule has 22 heavy (non-hydrogen) atoms. The molecule has 4 N–H and O–H groups in total. The highest BCUT2D eigenvalue weighted by atomic mass is 16.6. The summed E-state index contributed by atoms with van der Waals surface area (Å²) in [5, 5.41) is 22.5. The summed E-state index contributed by atoms with van der Waals surface area (Å²) in [7, 11) is 0. The van der Waals surface area contributed by atoms with E-state index in [0.29, 0.717) is 0 Å². The molecule has 0 aliphatic carbocycles. The van der Waals surface area contributed by atoms with E-state index in [4.69, 9.17) is 4.74 Å². The number of amides is 1. The lowest BCUT2D eigenvalue weighted by Crippen LogP contribution is -2.35. The van der Waals surface area contributed by atoms with Gasteiger partial charge in [0.2, 0.25) is 0 Å². The number of pyridine rings is 1. The minimum absolute atomic E-state index is 0.0911. The van der Waals surface area contributed by atoms with E-state index in [1.165, 1.54) is 12.3 Å². The minimum atomic E-state index is -1.32. The van der Waals surface area contributed by atoms with Gasteiger partial charge in [0.1, 0.15) is 11.7 Å². The van der Waals surface area contributed by atoms with Crippen molar-refractivity contribution in [3.05, 3.63) is 33.7 Å². The molecule has 0 aliphatic rings. The fraction of sp³-hybridized carbons (Fsp3) is 0.600. The maximum atomic E-state index is 11.6. The highest BCUT2D eigenvalue weighted by Gasteiger charge is 2.22. The molecule has 1 rings (SSSR count). The molecule has 0 spiro atoms. The van der Waals surface area contributed by atoms with Crippen LogP contribution in [0.5, 0.6) is 0 Å². The Labute approximate surface area is 129 Å². The highest BCUT2D eigenvalue weighted by Crippen LogP contribution is 2.16. The highest BCUT2D eigenvalue weighted by molar-refractivity contribution is 5.67. The molecule has 1 amide bonds. The van der Waals surface area contributed by atoms with Crippen LogP contribution in [0.4, 0.5) is 4.79 Å². The van der Waals surface area contributed by atoms with E-state index in [1.54, 1.807) is 27.7 Å². The van der Waals surface area contributed by atoms with Crippen LogP contribution >= 0.6 is 0 Å². The van der Waals surface area contributed by atoms with Crippen LogP contribution in [0.25, 0.3) is 0 Å². The number of ether oxygens (including phenoxy) is 1. The third kappa shape index (κ3) is 5.87. The molecule has 1 aromatic rings. The number of aromatic amines is 1. The second-order valence-electron chi connectivity index (χ2n) is 6.19. The van der Waals surface area contributed by atoms with Crippen LogP contribution in [-0.4, -0.2) is 39.5 Å². The van der Waals surface area contributed by atoms with Crippen LogP contribution < -0.4 is 10.9 Å². The first-order chi connectivity index (χ1) is 10.1. The van der Waals surface area contributed by atoms with Crippen molar-refractivity contribution in [1.82, 2.24) is 10.3 Å². The van der Waals surface area contributed by atoms with Crippen molar-refractivity contribution >= 4 is 6.09 Å². The van der Waals surface area contributed by atoms with Crippen molar-refractivity contribution < 1.29 is 19.7 Å². The molecule has 0 aromatic carbocycles. The third-order valence-electron chi connectivity index (χ3n) is 2.87. The van der Waals surface area contributed by atoms with Gasteiger partial charge < -0.3 is 25.3 Å². The summed E-state index contributed by atoms with van der Waals surface area (Å²) in [5.41, 5.74) is -0.174. The Bertz CT molecular complexity index is 562. The Balaban J connectivity index is 2.51. The maximum Gasteiger partial charge on any atom is 0.407 e.